The highest BCUT2D eigenvalue weighted by Crippen LogP contribution is 2.45. The number of alkyl halides is 1. The highest BCUT2D eigenvalue weighted by Gasteiger charge is 2.42. The molecule has 3 fully saturated rings. The van der Waals surface area contributed by atoms with Crippen LogP contribution in [0.1, 0.15) is 297 Å². The number of ketones is 2. The van der Waals surface area contributed by atoms with Crippen LogP contribution >= 0.6 is 92.3 Å². The highest BCUT2D eigenvalue weighted by atomic mass is 127. The van der Waals surface area contributed by atoms with Gasteiger partial charge in [-0.15, -0.1) is 0 Å². The molecule has 8 unspecified atom stereocenters. The Labute approximate surface area is 832 Å². The molecule has 0 aromatic heterocycles. The van der Waals surface area contributed by atoms with Crippen LogP contribution in [0.25, 0.3) is 0 Å². The average Bonchev–Trinajstić information content (AvgIpc) is 1.70. The van der Waals surface area contributed by atoms with Crippen LogP contribution in [-0.4, -0.2) is 122 Å². The molecule has 0 saturated heterocycles. The first-order valence-electron chi connectivity index (χ1n) is 49.4. The van der Waals surface area contributed by atoms with Gasteiger partial charge in [0.2, 0.25) is 0 Å². The van der Waals surface area contributed by atoms with Crippen LogP contribution in [0.3, 0.4) is 0 Å². The van der Waals surface area contributed by atoms with Crippen molar-refractivity contribution in [2.45, 2.75) is 368 Å². The van der Waals surface area contributed by atoms with Crippen molar-refractivity contribution in [1.82, 2.24) is 0 Å². The zero-order valence-electron chi connectivity index (χ0n) is 82.0. The van der Waals surface area contributed by atoms with Gasteiger partial charge in [-0.1, -0.05) is 255 Å². The van der Waals surface area contributed by atoms with Crippen molar-refractivity contribution >= 4 is 128 Å². The summed E-state index contributed by atoms with van der Waals surface area (Å²) in [6.07, 6.45) is 48.4. The predicted molar refractivity (Wildman–Crippen MR) is 580 cm³/mol. The maximum Gasteiger partial charge on any atom is 0.306 e. The smallest absolute Gasteiger partial charge is 0.306 e. The van der Waals surface area contributed by atoms with E-state index in [2.05, 4.69) is 237 Å². The Hall–Kier alpha value is -3.31. The molecule has 0 spiro atoms. The molecule has 4 aliphatic rings. The Morgan fingerprint density at radius 3 is 1.05 bits per heavy atom. The SMILES string of the molecule is CC(C)OC(=O)CCC/C=C\CC1=C[C@H](C)CC1=O.CC(C)OC(=O)CCC/C=C\C[C@@H]1[C@@H](CC[C@H](CCc2ccccc2)OPP)[C@H](C)C[C@@H]1O.CC(C)OC(=O)CCC/C=C\C[C@@H]1[C@@H](CC[C@H](CCc2ccccc2)OPP)[C@H](O)C[C@@H]1O.CC(C)OC(=O)CCC/C=C\C[C@H]1C(=O)C[C@@H](C)[C@@H]1CC[C@H](CCc1ccccc1)OPP.PPO[C@H](CCI)CCc1ccccc1. The average molecular weight is 2100 g/mol. The number of aliphatic hydroxyl groups is 3. The van der Waals surface area contributed by atoms with Gasteiger partial charge in [-0.3, -0.25) is 28.8 Å². The predicted octanol–water partition coefficient (Wildman–Crippen LogP) is 27.3. The number of allylic oxidation sites excluding steroid dienone is 10. The molecule has 26 heteroatoms. The maximum atomic E-state index is 12.7. The van der Waals surface area contributed by atoms with Gasteiger partial charge in [0.1, 0.15) is 5.78 Å². The Kier molecular flexibility index (Phi) is 69.3. The lowest BCUT2D eigenvalue weighted by atomic mass is 9.83. The Morgan fingerprint density at radius 1 is 0.391 bits per heavy atom. The van der Waals surface area contributed by atoms with Crippen molar-refractivity contribution in [2.24, 2.45) is 53.3 Å². The number of ether oxygens (including phenoxy) is 4. The molecular formula is C107H169IO17P8. The summed E-state index contributed by atoms with van der Waals surface area (Å²) < 4.78 is 45.5. The fourth-order valence-corrected chi connectivity index (χ4v) is 22.8. The van der Waals surface area contributed by atoms with Gasteiger partial charge in [0.25, 0.3) is 0 Å². The molecule has 133 heavy (non-hydrogen) atoms. The Balaban J connectivity index is 0.000000357. The van der Waals surface area contributed by atoms with Gasteiger partial charge in [-0.25, -0.2) is 0 Å². The molecule has 4 aromatic carbocycles. The number of halogens is 1. The van der Waals surface area contributed by atoms with Crippen LogP contribution in [0.4, 0.5) is 0 Å². The van der Waals surface area contributed by atoms with Crippen molar-refractivity contribution in [3.8, 4) is 0 Å². The molecule has 17 nitrogen and oxygen atoms in total. The van der Waals surface area contributed by atoms with Crippen molar-refractivity contribution < 1.29 is 81.1 Å². The largest absolute Gasteiger partial charge is 0.463 e. The van der Waals surface area contributed by atoms with Crippen LogP contribution in [-0.2, 0) is 91.5 Å². The van der Waals surface area contributed by atoms with E-state index in [0.29, 0.717) is 126 Å². The summed E-state index contributed by atoms with van der Waals surface area (Å²) in [5.74, 6) is 3.07. The lowest BCUT2D eigenvalue weighted by Gasteiger charge is -2.25. The minimum absolute atomic E-state index is 0.0367. The third-order valence-corrected chi connectivity index (χ3v) is 29.0. The molecule has 4 aromatic rings. The van der Waals surface area contributed by atoms with Crippen molar-refractivity contribution in [3.63, 3.8) is 0 Å². The molecule has 746 valence electrons. The molecule has 0 aliphatic heterocycles. The van der Waals surface area contributed by atoms with Crippen LogP contribution in [0.2, 0.25) is 0 Å². The van der Waals surface area contributed by atoms with E-state index >= 15 is 0 Å². The number of aliphatic hydroxyl groups excluding tert-OH is 3. The van der Waals surface area contributed by atoms with E-state index in [1.165, 1.54) is 26.7 Å². The van der Waals surface area contributed by atoms with Crippen molar-refractivity contribution in [3.05, 3.63) is 204 Å². The second kappa shape index (κ2) is 75.5. The first kappa shape index (κ1) is 122. The van der Waals surface area contributed by atoms with E-state index in [1.807, 2.05) is 73.6 Å². The number of Topliss-reactive ketones (excluding diaryl/α,β-unsaturated/α-hetero) is 2. The van der Waals surface area contributed by atoms with Gasteiger partial charge in [0.05, 0.1) is 67.1 Å². The number of unbranched alkanes of at least 4 members (excludes halogenated alkanes) is 4. The second-order valence-electron chi connectivity index (χ2n) is 37.3. The minimum atomic E-state index is -0.469. The standard InChI is InChI=1S/C27H44O4P2.C27H42O4P2.C26H42O5P2.C16H24O3.C11H17IOP2/c2*1-20(2)30-27(29)14-10-5-4-9-13-25-24(21(3)19-26(25)28)18-17-23(31-33-32)16-15-22-11-7-6-8-12-22;1-19(2)30-26(29)13-9-4-3-8-12-22-23(25(28)18-24(22)27)17-16-21(31-33-32)15-14-20-10-6-5-7-11-20;1-12(2)19-16(18)9-7-5-4-6-8-14-10-13(3)11-15(14)17;12-9-8-11(13-15-14)7-6-10-4-2-1-3-5-10/h4,6-9,11-12,20-21,23-26,28,33H,5,10,13-19,32H2,1-3H3;4,6-9,11-12,20-21,23-25,33H,5,10,13-19,32H2,1-3H3;3,5-8,10-11,19,21-25,27-28,33H,4,9,12-18,32H2,1-2H3;4,6,10,12-13H,5,7-9,11H2,1-3H3;1-5,11,15H,6-9,14H2/b2*9-4-;8-3-;6-4-;/t21-,23+,24+,25-,26+;21-,23+,24+,25-;21-,22+,23+,24-,25+;13-;11-/m11000/s1. The summed E-state index contributed by atoms with van der Waals surface area (Å²) in [5, 5.41) is 31.8. The van der Waals surface area contributed by atoms with Gasteiger partial charge < -0.3 is 52.4 Å². The molecule has 24 atom stereocenters. The zero-order chi connectivity index (χ0) is 97.3. The number of hydrogen-bond donors (Lipinski definition) is 3. The van der Waals surface area contributed by atoms with Crippen molar-refractivity contribution in [2.75, 3.05) is 4.43 Å². The Morgan fingerprint density at radius 2 is 0.707 bits per heavy atom. The zero-order valence-corrected chi connectivity index (χ0v) is 92.8. The molecule has 0 radical (unpaired) electrons. The van der Waals surface area contributed by atoms with E-state index in [0.717, 1.165) is 185 Å². The van der Waals surface area contributed by atoms with Gasteiger partial charge in [0.15, 0.2) is 5.78 Å². The normalized spacial score (nSPS) is 21.8. The third kappa shape index (κ3) is 56.8. The van der Waals surface area contributed by atoms with E-state index < -0.39 is 12.2 Å². The molecule has 0 bridgehead atoms. The lowest BCUT2D eigenvalue weighted by Crippen LogP contribution is -2.23. The van der Waals surface area contributed by atoms with E-state index in [1.54, 1.807) is 0 Å². The maximum absolute atomic E-state index is 12.7. The fraction of sp³-hybridized carbons (Fsp3) is 0.626. The topological polar surface area (TPSA) is 237 Å². The van der Waals surface area contributed by atoms with Crippen LogP contribution < -0.4 is 0 Å². The number of benzene rings is 4. The van der Waals surface area contributed by atoms with Crippen molar-refractivity contribution in [1.29, 1.82) is 0 Å². The molecular weight excluding hydrogens is 1930 g/mol. The Bertz CT molecular complexity index is 3760. The monoisotopic (exact) mass is 2100 g/mol. The first-order valence-corrected chi connectivity index (χ1v) is 61.8. The summed E-state index contributed by atoms with van der Waals surface area (Å²) >= 11 is 2.41. The highest BCUT2D eigenvalue weighted by molar-refractivity contribution is 14.1. The van der Waals surface area contributed by atoms with E-state index in [-0.39, 0.29) is 96.2 Å². The van der Waals surface area contributed by atoms with Gasteiger partial charge in [-0.05, 0) is 317 Å². The summed E-state index contributed by atoms with van der Waals surface area (Å²) in [6.45, 7) is 21.5. The third-order valence-electron chi connectivity index (χ3n) is 24.9. The number of hydrogen-bond acceptors (Lipinski definition) is 17. The van der Waals surface area contributed by atoms with Crippen LogP contribution in [0.15, 0.2) is 182 Å². The molecule has 8 rings (SSSR count). The quantitative estimate of drug-likeness (QED) is 0.00708. The minimum Gasteiger partial charge on any atom is -0.463 e. The summed E-state index contributed by atoms with van der Waals surface area (Å²) in [7, 11) is 12.5. The van der Waals surface area contributed by atoms with E-state index in [9.17, 15) is 44.1 Å². The number of rotatable bonds is 59. The number of aryl methyl sites for hydroxylation is 4. The summed E-state index contributed by atoms with van der Waals surface area (Å²) in [4.78, 5) is 70.3. The van der Waals surface area contributed by atoms with Crippen LogP contribution in [0.5, 0.6) is 0 Å². The summed E-state index contributed by atoms with van der Waals surface area (Å²) in [5.41, 5.74) is 6.37. The molecule has 3 N–H and O–H groups in total. The number of carbonyl (C=O) groups excluding carboxylic acids is 6. The second-order valence-corrected chi connectivity index (χ2v) is 43.1. The number of carbonyl (C=O) groups is 6. The lowest BCUT2D eigenvalue weighted by molar-refractivity contribution is -0.148. The van der Waals surface area contributed by atoms with Gasteiger partial charge >= 0.3 is 23.9 Å². The number of esters is 4. The van der Waals surface area contributed by atoms with Gasteiger partial charge in [-0.2, -0.15) is 0 Å². The van der Waals surface area contributed by atoms with E-state index in [4.69, 9.17) is 37.0 Å². The fourth-order valence-electron chi connectivity index (χ4n) is 18.1. The van der Waals surface area contributed by atoms with Crippen LogP contribution in [0, 0.1) is 53.3 Å². The van der Waals surface area contributed by atoms with Gasteiger partial charge in [0, 0.05) is 82.9 Å². The first-order chi connectivity index (χ1) is 64.1. The molecule has 4 aliphatic carbocycles. The molecule has 0 amide bonds. The molecule has 3 saturated carbocycles. The molecule has 0 heterocycles. The summed E-state index contributed by atoms with van der Waals surface area (Å²) in [6, 6.07) is 42.3.